The highest BCUT2D eigenvalue weighted by molar-refractivity contribution is 5.65. The highest BCUT2D eigenvalue weighted by Gasteiger charge is 2.79. The molecule has 5 fully saturated rings. The number of fused-ring (bicyclic) bond motifs is 4. The maximum atomic E-state index is 13.6. The summed E-state index contributed by atoms with van der Waals surface area (Å²) in [5.74, 6) is 0.118. The molecule has 226 valence electrons. The van der Waals surface area contributed by atoms with Crippen molar-refractivity contribution in [1.82, 2.24) is 4.98 Å². The van der Waals surface area contributed by atoms with Crippen LogP contribution in [0.25, 0.3) is 11.1 Å². The van der Waals surface area contributed by atoms with E-state index in [4.69, 9.17) is 9.78 Å². The SMILES string of the molecule is CC1(C)COOC2(CC[C@@]34Cc5cc(-c6cccnc6)ccc5[C@H]5C[C@@]6(C)[C@@H](CC[C@]6(C)O)[C@H](CC[C@@]3(O)C2)[C@]54O)C1. The molecule has 4 saturated carbocycles. The molecule has 1 saturated heterocycles. The molecule has 8 rings (SSSR count). The first-order chi connectivity index (χ1) is 19.8. The molecule has 1 aromatic heterocycles. The molecular weight excluding hydrogens is 526 g/mol. The maximum Gasteiger partial charge on any atom is 0.107 e. The Labute approximate surface area is 249 Å². The molecule has 1 aromatic carbocycles. The van der Waals surface area contributed by atoms with Gasteiger partial charge in [0.2, 0.25) is 0 Å². The van der Waals surface area contributed by atoms with Gasteiger partial charge in [-0.05, 0) is 116 Å². The Morgan fingerprint density at radius 2 is 1.69 bits per heavy atom. The zero-order chi connectivity index (χ0) is 29.4. The molecule has 2 heterocycles. The van der Waals surface area contributed by atoms with Crippen LogP contribution in [-0.4, -0.2) is 49.3 Å². The molecule has 0 bridgehead atoms. The van der Waals surface area contributed by atoms with Gasteiger partial charge < -0.3 is 15.3 Å². The number of nitrogens with zero attached hydrogens (tertiary/aromatic N) is 1. The number of benzene rings is 1. The van der Waals surface area contributed by atoms with Crippen molar-refractivity contribution in [3.63, 3.8) is 0 Å². The Kier molecular flexibility index (Phi) is 5.57. The van der Waals surface area contributed by atoms with E-state index in [9.17, 15) is 15.3 Å². The van der Waals surface area contributed by atoms with Gasteiger partial charge in [-0.2, -0.15) is 0 Å². The van der Waals surface area contributed by atoms with Crippen molar-refractivity contribution in [2.75, 3.05) is 6.61 Å². The normalized spacial score (nSPS) is 48.6. The van der Waals surface area contributed by atoms with Crippen molar-refractivity contribution < 1.29 is 25.1 Å². The first-order valence-electron chi connectivity index (χ1n) is 16.3. The molecule has 6 heteroatoms. The number of aliphatic hydroxyl groups is 3. The van der Waals surface area contributed by atoms with E-state index in [0.717, 1.165) is 49.7 Å². The Bertz CT molecular complexity index is 1430. The molecule has 0 radical (unpaired) electrons. The summed E-state index contributed by atoms with van der Waals surface area (Å²) >= 11 is 0. The summed E-state index contributed by atoms with van der Waals surface area (Å²) in [5, 5.41) is 38.4. The van der Waals surface area contributed by atoms with Gasteiger partial charge in [-0.15, -0.1) is 0 Å². The molecular formula is C36H47NO5. The minimum Gasteiger partial charge on any atom is -0.390 e. The van der Waals surface area contributed by atoms with Crippen LogP contribution >= 0.6 is 0 Å². The maximum absolute atomic E-state index is 13.6. The first kappa shape index (κ1) is 27.7. The van der Waals surface area contributed by atoms with E-state index >= 15 is 0 Å². The van der Waals surface area contributed by atoms with E-state index < -0.39 is 27.8 Å². The van der Waals surface area contributed by atoms with Crippen LogP contribution in [0.1, 0.15) is 103 Å². The molecule has 9 atom stereocenters. The highest BCUT2D eigenvalue weighted by Crippen LogP contribution is 2.77. The molecule has 5 aliphatic carbocycles. The van der Waals surface area contributed by atoms with Gasteiger partial charge in [0.05, 0.1) is 23.4 Å². The van der Waals surface area contributed by atoms with E-state index in [1.807, 2.05) is 19.2 Å². The van der Waals surface area contributed by atoms with Gasteiger partial charge in [0.25, 0.3) is 0 Å². The van der Waals surface area contributed by atoms with E-state index in [0.29, 0.717) is 32.3 Å². The lowest BCUT2D eigenvalue weighted by Crippen LogP contribution is -2.78. The Balaban J connectivity index is 1.30. The van der Waals surface area contributed by atoms with Gasteiger partial charge in [-0.25, -0.2) is 9.78 Å². The number of hydrogen-bond donors (Lipinski definition) is 3. The monoisotopic (exact) mass is 573 g/mol. The third-order valence-electron chi connectivity index (χ3n) is 13.8. The highest BCUT2D eigenvalue weighted by atomic mass is 17.2. The lowest BCUT2D eigenvalue weighted by atomic mass is 9.34. The lowest BCUT2D eigenvalue weighted by molar-refractivity contribution is -0.431. The molecule has 1 unspecified atom stereocenters. The fourth-order valence-electron chi connectivity index (χ4n) is 11.8. The van der Waals surface area contributed by atoms with Crippen LogP contribution in [0.5, 0.6) is 0 Å². The topological polar surface area (TPSA) is 92.0 Å². The van der Waals surface area contributed by atoms with Crippen LogP contribution < -0.4 is 0 Å². The Morgan fingerprint density at radius 1 is 0.881 bits per heavy atom. The average molecular weight is 574 g/mol. The van der Waals surface area contributed by atoms with Gasteiger partial charge in [0, 0.05) is 30.1 Å². The zero-order valence-corrected chi connectivity index (χ0v) is 25.7. The van der Waals surface area contributed by atoms with Crippen molar-refractivity contribution in [1.29, 1.82) is 0 Å². The lowest BCUT2D eigenvalue weighted by Gasteiger charge is -2.74. The van der Waals surface area contributed by atoms with Crippen LogP contribution in [0.4, 0.5) is 0 Å². The minimum atomic E-state index is -1.08. The van der Waals surface area contributed by atoms with Gasteiger partial charge in [-0.1, -0.05) is 45.0 Å². The van der Waals surface area contributed by atoms with Gasteiger partial charge in [0.1, 0.15) is 5.60 Å². The summed E-state index contributed by atoms with van der Waals surface area (Å²) in [6.45, 7) is 9.29. The molecule has 3 N–H and O–H groups in total. The predicted octanol–water partition coefficient (Wildman–Crippen LogP) is 6.12. The van der Waals surface area contributed by atoms with Crippen molar-refractivity contribution in [2.45, 2.75) is 120 Å². The van der Waals surface area contributed by atoms with Gasteiger partial charge in [-0.3, -0.25) is 4.98 Å². The molecule has 42 heavy (non-hydrogen) atoms. The van der Waals surface area contributed by atoms with E-state index in [1.165, 1.54) is 11.1 Å². The van der Waals surface area contributed by atoms with Crippen LogP contribution in [0.2, 0.25) is 0 Å². The Hall–Kier alpha value is -1.83. The van der Waals surface area contributed by atoms with Crippen molar-refractivity contribution in [2.24, 2.45) is 28.1 Å². The van der Waals surface area contributed by atoms with Crippen molar-refractivity contribution in [3.8, 4) is 11.1 Å². The summed E-state index contributed by atoms with van der Waals surface area (Å²) < 4.78 is 0. The molecule has 1 aliphatic heterocycles. The summed E-state index contributed by atoms with van der Waals surface area (Å²) in [4.78, 5) is 16.2. The van der Waals surface area contributed by atoms with Crippen LogP contribution in [0, 0.1) is 28.1 Å². The summed E-state index contributed by atoms with van der Waals surface area (Å²) in [6, 6.07) is 10.8. The van der Waals surface area contributed by atoms with Crippen molar-refractivity contribution in [3.05, 3.63) is 53.9 Å². The third-order valence-corrected chi connectivity index (χ3v) is 13.8. The van der Waals surface area contributed by atoms with E-state index in [-0.39, 0.29) is 28.6 Å². The van der Waals surface area contributed by atoms with Gasteiger partial charge >= 0.3 is 0 Å². The fourth-order valence-corrected chi connectivity index (χ4v) is 11.8. The molecule has 6 nitrogen and oxygen atoms in total. The quantitative estimate of drug-likeness (QED) is 0.356. The average Bonchev–Trinajstić information content (AvgIpc) is 3.17. The predicted molar refractivity (Wildman–Crippen MR) is 159 cm³/mol. The number of hydrogen-bond acceptors (Lipinski definition) is 6. The number of pyridine rings is 1. The van der Waals surface area contributed by atoms with E-state index in [1.54, 1.807) is 6.20 Å². The molecule has 0 amide bonds. The largest absolute Gasteiger partial charge is 0.390 e. The summed E-state index contributed by atoms with van der Waals surface area (Å²) in [7, 11) is 0. The summed E-state index contributed by atoms with van der Waals surface area (Å²) in [6.07, 6.45) is 11.0. The second-order valence-electron chi connectivity index (χ2n) is 16.6. The van der Waals surface area contributed by atoms with Crippen molar-refractivity contribution >= 4 is 0 Å². The molecule has 2 spiro atoms. The third kappa shape index (κ3) is 3.37. The Morgan fingerprint density at radius 3 is 2.45 bits per heavy atom. The van der Waals surface area contributed by atoms with Crippen LogP contribution in [0.3, 0.4) is 0 Å². The molecule has 6 aliphatic rings. The first-order valence-corrected chi connectivity index (χ1v) is 16.3. The summed E-state index contributed by atoms with van der Waals surface area (Å²) in [5.41, 5.74) is 0.141. The second kappa shape index (κ2) is 8.45. The van der Waals surface area contributed by atoms with E-state index in [2.05, 4.69) is 50.0 Å². The fraction of sp³-hybridized carbons (Fsp3) is 0.694. The smallest absolute Gasteiger partial charge is 0.107 e. The van der Waals surface area contributed by atoms with Crippen LogP contribution in [-0.2, 0) is 16.2 Å². The number of rotatable bonds is 1. The minimum absolute atomic E-state index is 0.0321. The second-order valence-corrected chi connectivity index (χ2v) is 16.6. The zero-order valence-electron chi connectivity index (χ0n) is 25.7. The van der Waals surface area contributed by atoms with Crippen LogP contribution in [0.15, 0.2) is 42.7 Å². The van der Waals surface area contributed by atoms with Gasteiger partial charge in [0.15, 0.2) is 0 Å². The molecule has 2 aromatic rings. The number of aromatic nitrogens is 1. The standard InChI is InChI=1S/C36H47NO5/c1-30(2)20-33(42-41-22-30)13-14-34-17-25-16-23(24-6-5-15-37-19-24)7-8-26(25)29-18-31(3)27(9-11-32(31,4)38)28(36(29,34)40)10-12-35(34,39)21-33/h5-8,15-16,19,27-29,38-40H,9-14,17-18,20-22H2,1-4H3/t27-,28-,29+,31-,32-,33?,34+,35+,36-/m0/s1.